The second-order valence-corrected chi connectivity index (χ2v) is 7.53. The van der Waals surface area contributed by atoms with Crippen molar-refractivity contribution in [2.24, 2.45) is 0 Å². The number of carbonyl (C=O) groups is 1. The Morgan fingerprint density at radius 3 is 2.68 bits per heavy atom. The Balaban J connectivity index is 1.46. The smallest absolute Gasteiger partial charge is 0.233 e. The molecule has 3 aromatic rings. The van der Waals surface area contributed by atoms with Crippen LogP contribution in [0.15, 0.2) is 47.6 Å². The van der Waals surface area contributed by atoms with E-state index in [4.69, 9.17) is 9.47 Å². The summed E-state index contributed by atoms with van der Waals surface area (Å²) in [5.41, 5.74) is 2.31. The van der Waals surface area contributed by atoms with Crippen molar-refractivity contribution in [1.82, 2.24) is 15.1 Å². The minimum atomic E-state index is 0.0974. The van der Waals surface area contributed by atoms with Crippen molar-refractivity contribution in [2.75, 3.05) is 26.5 Å². The molecule has 0 spiro atoms. The molecule has 6 nitrogen and oxygen atoms in total. The SMILES string of the molecule is COc1cc2c(cc1OC)CN(C(=O)CSc1nncc3ccccc13)CC2. The van der Waals surface area contributed by atoms with Crippen molar-refractivity contribution in [3.05, 3.63) is 53.7 Å². The van der Waals surface area contributed by atoms with Gasteiger partial charge in [-0.3, -0.25) is 4.79 Å². The van der Waals surface area contributed by atoms with Crippen LogP contribution in [-0.4, -0.2) is 47.5 Å². The zero-order chi connectivity index (χ0) is 19.5. The Morgan fingerprint density at radius 2 is 1.89 bits per heavy atom. The highest BCUT2D eigenvalue weighted by Gasteiger charge is 2.23. The molecule has 0 saturated heterocycles. The Hall–Kier alpha value is -2.80. The fourth-order valence-corrected chi connectivity index (χ4v) is 4.31. The largest absolute Gasteiger partial charge is 0.493 e. The summed E-state index contributed by atoms with van der Waals surface area (Å²) in [6.07, 6.45) is 2.55. The van der Waals surface area contributed by atoms with E-state index >= 15 is 0 Å². The van der Waals surface area contributed by atoms with Gasteiger partial charge in [0.2, 0.25) is 5.91 Å². The number of fused-ring (bicyclic) bond motifs is 2. The van der Waals surface area contributed by atoms with Crippen LogP contribution in [0.5, 0.6) is 11.5 Å². The highest BCUT2D eigenvalue weighted by atomic mass is 32.2. The van der Waals surface area contributed by atoms with Crippen LogP contribution in [0.3, 0.4) is 0 Å². The quantitative estimate of drug-likeness (QED) is 0.618. The minimum Gasteiger partial charge on any atom is -0.493 e. The number of rotatable bonds is 5. The van der Waals surface area contributed by atoms with Crippen molar-refractivity contribution in [1.29, 1.82) is 0 Å². The number of aromatic nitrogens is 2. The van der Waals surface area contributed by atoms with Crippen molar-refractivity contribution in [2.45, 2.75) is 18.0 Å². The highest BCUT2D eigenvalue weighted by molar-refractivity contribution is 8.00. The van der Waals surface area contributed by atoms with E-state index in [1.807, 2.05) is 41.3 Å². The summed E-state index contributed by atoms with van der Waals surface area (Å²) < 4.78 is 10.8. The van der Waals surface area contributed by atoms with E-state index in [1.54, 1.807) is 20.4 Å². The second kappa shape index (κ2) is 8.06. The molecule has 7 heteroatoms. The number of hydrogen-bond donors (Lipinski definition) is 0. The summed E-state index contributed by atoms with van der Waals surface area (Å²) >= 11 is 1.44. The van der Waals surface area contributed by atoms with Crippen LogP contribution in [-0.2, 0) is 17.8 Å². The number of amides is 1. The van der Waals surface area contributed by atoms with E-state index in [2.05, 4.69) is 10.2 Å². The highest BCUT2D eigenvalue weighted by Crippen LogP contribution is 2.33. The normalized spacial score (nSPS) is 13.3. The Kier molecular flexibility index (Phi) is 5.34. The molecule has 1 amide bonds. The summed E-state index contributed by atoms with van der Waals surface area (Å²) in [6.45, 7) is 1.28. The van der Waals surface area contributed by atoms with E-state index < -0.39 is 0 Å². The fourth-order valence-electron chi connectivity index (χ4n) is 3.43. The van der Waals surface area contributed by atoms with Crippen LogP contribution in [0.1, 0.15) is 11.1 Å². The molecule has 144 valence electrons. The van der Waals surface area contributed by atoms with E-state index in [0.29, 0.717) is 24.6 Å². The molecule has 0 fully saturated rings. The average molecular weight is 395 g/mol. The molecular formula is C21H21N3O3S. The van der Waals surface area contributed by atoms with Gasteiger partial charge in [0.1, 0.15) is 5.03 Å². The Labute approximate surface area is 167 Å². The lowest BCUT2D eigenvalue weighted by molar-refractivity contribution is -0.129. The Morgan fingerprint density at radius 1 is 1.14 bits per heavy atom. The zero-order valence-electron chi connectivity index (χ0n) is 15.8. The maximum atomic E-state index is 12.8. The average Bonchev–Trinajstić information content (AvgIpc) is 2.75. The van der Waals surface area contributed by atoms with Crippen LogP contribution < -0.4 is 9.47 Å². The number of ether oxygens (including phenoxy) is 2. The van der Waals surface area contributed by atoms with Gasteiger partial charge in [0.25, 0.3) is 0 Å². The van der Waals surface area contributed by atoms with Gasteiger partial charge in [0.05, 0.1) is 26.2 Å². The first-order chi connectivity index (χ1) is 13.7. The number of hydrogen-bond acceptors (Lipinski definition) is 6. The molecule has 2 aromatic carbocycles. The van der Waals surface area contributed by atoms with Crippen molar-refractivity contribution in [3.8, 4) is 11.5 Å². The standard InChI is InChI=1S/C21H21N3O3S/c1-26-18-9-14-7-8-24(12-16(14)10-19(18)27-2)20(25)13-28-21-17-6-4-3-5-15(17)11-22-23-21/h3-6,9-11H,7-8,12-13H2,1-2H3. The summed E-state index contributed by atoms with van der Waals surface area (Å²) in [7, 11) is 3.26. The molecule has 0 N–H and O–H groups in total. The number of methoxy groups -OCH3 is 2. The van der Waals surface area contributed by atoms with E-state index in [-0.39, 0.29) is 5.91 Å². The molecule has 1 aliphatic rings. The molecule has 4 rings (SSSR count). The molecule has 1 aromatic heterocycles. The molecule has 2 heterocycles. The van der Waals surface area contributed by atoms with Crippen LogP contribution in [0.2, 0.25) is 0 Å². The van der Waals surface area contributed by atoms with Gasteiger partial charge in [-0.15, -0.1) is 5.10 Å². The van der Waals surface area contributed by atoms with Crippen LogP contribution in [0.25, 0.3) is 10.8 Å². The second-order valence-electron chi connectivity index (χ2n) is 6.57. The van der Waals surface area contributed by atoms with Gasteiger partial charge < -0.3 is 14.4 Å². The first-order valence-electron chi connectivity index (χ1n) is 9.04. The summed E-state index contributed by atoms with van der Waals surface area (Å²) in [4.78, 5) is 14.7. The van der Waals surface area contributed by atoms with Gasteiger partial charge >= 0.3 is 0 Å². The van der Waals surface area contributed by atoms with Crippen LogP contribution in [0.4, 0.5) is 0 Å². The lowest BCUT2D eigenvalue weighted by atomic mass is 9.99. The minimum absolute atomic E-state index is 0.0974. The number of carbonyl (C=O) groups excluding carboxylic acids is 1. The van der Waals surface area contributed by atoms with Crippen molar-refractivity contribution >= 4 is 28.4 Å². The molecule has 0 aliphatic carbocycles. The Bertz CT molecular complexity index is 1020. The van der Waals surface area contributed by atoms with Gasteiger partial charge in [-0.2, -0.15) is 5.10 Å². The third kappa shape index (κ3) is 3.62. The third-order valence-electron chi connectivity index (χ3n) is 4.94. The summed E-state index contributed by atoms with van der Waals surface area (Å²) in [5.74, 6) is 1.85. The molecule has 28 heavy (non-hydrogen) atoms. The monoisotopic (exact) mass is 395 g/mol. The fraction of sp³-hybridized carbons (Fsp3) is 0.286. The third-order valence-corrected chi connectivity index (χ3v) is 5.91. The van der Waals surface area contributed by atoms with Gasteiger partial charge in [0.15, 0.2) is 11.5 Å². The molecule has 0 radical (unpaired) electrons. The molecule has 0 unspecified atom stereocenters. The maximum Gasteiger partial charge on any atom is 0.233 e. The predicted octanol–water partition coefficient (Wildman–Crippen LogP) is 3.32. The van der Waals surface area contributed by atoms with Crippen LogP contribution >= 0.6 is 11.8 Å². The molecule has 0 bridgehead atoms. The van der Waals surface area contributed by atoms with Crippen molar-refractivity contribution < 1.29 is 14.3 Å². The number of benzene rings is 2. The summed E-state index contributed by atoms with van der Waals surface area (Å²) in [6, 6.07) is 11.9. The first kappa shape index (κ1) is 18.6. The molecule has 0 saturated carbocycles. The number of thioether (sulfide) groups is 1. The van der Waals surface area contributed by atoms with Gasteiger partial charge in [0, 0.05) is 23.9 Å². The maximum absolute atomic E-state index is 12.8. The predicted molar refractivity (Wildman–Crippen MR) is 109 cm³/mol. The van der Waals surface area contributed by atoms with Gasteiger partial charge in [-0.1, -0.05) is 36.0 Å². The van der Waals surface area contributed by atoms with Gasteiger partial charge in [-0.05, 0) is 29.7 Å². The molecule has 1 aliphatic heterocycles. The topological polar surface area (TPSA) is 64.6 Å². The lowest BCUT2D eigenvalue weighted by Gasteiger charge is -2.29. The molecule has 0 atom stereocenters. The molecular weight excluding hydrogens is 374 g/mol. The van der Waals surface area contributed by atoms with E-state index in [0.717, 1.165) is 33.5 Å². The van der Waals surface area contributed by atoms with E-state index in [1.165, 1.54) is 17.3 Å². The van der Waals surface area contributed by atoms with Crippen molar-refractivity contribution in [3.63, 3.8) is 0 Å². The van der Waals surface area contributed by atoms with Crippen LogP contribution in [0, 0.1) is 0 Å². The number of nitrogens with zero attached hydrogens (tertiary/aromatic N) is 3. The van der Waals surface area contributed by atoms with Gasteiger partial charge in [-0.25, -0.2) is 0 Å². The summed E-state index contributed by atoms with van der Waals surface area (Å²) in [5, 5.41) is 11.1. The lowest BCUT2D eigenvalue weighted by Crippen LogP contribution is -2.37. The zero-order valence-corrected chi connectivity index (χ0v) is 16.7. The van der Waals surface area contributed by atoms with E-state index in [9.17, 15) is 4.79 Å². The first-order valence-corrected chi connectivity index (χ1v) is 10.0.